The highest BCUT2D eigenvalue weighted by molar-refractivity contribution is 5.44. The Bertz CT molecular complexity index is 419. The van der Waals surface area contributed by atoms with Gasteiger partial charge in [-0.2, -0.15) is 4.98 Å². The van der Waals surface area contributed by atoms with Crippen molar-refractivity contribution in [1.29, 1.82) is 0 Å². The summed E-state index contributed by atoms with van der Waals surface area (Å²) in [6.07, 6.45) is 3.52. The second-order valence-corrected chi connectivity index (χ2v) is 2.97. The molecule has 74 valence electrons. The molecule has 0 bridgehead atoms. The lowest BCUT2D eigenvalue weighted by molar-refractivity contribution is 0.419. The molecule has 2 heterocycles. The first-order valence-electron chi connectivity index (χ1n) is 4.25. The fraction of sp³-hybridized carbons (Fsp3) is 0.375. The van der Waals surface area contributed by atoms with E-state index in [0.717, 1.165) is 0 Å². The quantitative estimate of drug-likeness (QED) is 0.753. The average Bonchev–Trinajstić information content (AvgIpc) is 2.74. The molecule has 2 aromatic heterocycles. The lowest BCUT2D eigenvalue weighted by atomic mass is 10.5. The largest absolute Gasteiger partial charge is 0.340 e. The van der Waals surface area contributed by atoms with Crippen molar-refractivity contribution in [3.05, 3.63) is 18.3 Å². The van der Waals surface area contributed by atoms with Crippen molar-refractivity contribution in [2.45, 2.75) is 6.54 Å². The van der Waals surface area contributed by atoms with Crippen molar-refractivity contribution in [2.24, 2.45) is 7.05 Å². The van der Waals surface area contributed by atoms with Crippen molar-refractivity contribution in [3.63, 3.8) is 0 Å². The van der Waals surface area contributed by atoms with Gasteiger partial charge in [-0.3, -0.25) is 0 Å². The number of nitrogens with one attached hydrogen (secondary N) is 1. The van der Waals surface area contributed by atoms with Gasteiger partial charge in [0.1, 0.15) is 5.69 Å². The van der Waals surface area contributed by atoms with Crippen molar-refractivity contribution >= 4 is 0 Å². The molecule has 6 nitrogen and oxygen atoms in total. The van der Waals surface area contributed by atoms with Gasteiger partial charge >= 0.3 is 0 Å². The minimum atomic E-state index is 0.454. The van der Waals surface area contributed by atoms with E-state index in [1.54, 1.807) is 6.33 Å². The molecule has 14 heavy (non-hydrogen) atoms. The van der Waals surface area contributed by atoms with Crippen LogP contribution in [-0.2, 0) is 13.6 Å². The smallest absolute Gasteiger partial charge is 0.278 e. The zero-order valence-electron chi connectivity index (χ0n) is 8.06. The van der Waals surface area contributed by atoms with Crippen molar-refractivity contribution in [3.8, 4) is 11.6 Å². The second-order valence-electron chi connectivity index (χ2n) is 2.97. The summed E-state index contributed by atoms with van der Waals surface area (Å²) in [5.41, 5.74) is 0.697. The topological polar surface area (TPSA) is 68.8 Å². The van der Waals surface area contributed by atoms with Crippen LogP contribution >= 0.6 is 0 Å². The van der Waals surface area contributed by atoms with Crippen LogP contribution in [0, 0.1) is 0 Å². The number of hydrogen-bond acceptors (Lipinski definition) is 5. The predicted molar refractivity (Wildman–Crippen MR) is 49.3 cm³/mol. The maximum Gasteiger partial charge on any atom is 0.278 e. The zero-order chi connectivity index (χ0) is 9.97. The number of aryl methyl sites for hydroxylation is 1. The molecule has 0 spiro atoms. The van der Waals surface area contributed by atoms with E-state index in [1.165, 1.54) is 0 Å². The van der Waals surface area contributed by atoms with E-state index >= 15 is 0 Å². The molecule has 0 fully saturated rings. The number of nitrogens with zero attached hydrogens (tertiary/aromatic N) is 4. The van der Waals surface area contributed by atoms with Crippen LogP contribution in [0.3, 0.4) is 0 Å². The van der Waals surface area contributed by atoms with Gasteiger partial charge in [-0.15, -0.1) is 0 Å². The third-order valence-corrected chi connectivity index (χ3v) is 1.73. The van der Waals surface area contributed by atoms with Crippen molar-refractivity contribution in [2.75, 3.05) is 7.05 Å². The van der Waals surface area contributed by atoms with Crippen LogP contribution in [0.2, 0.25) is 0 Å². The van der Waals surface area contributed by atoms with Gasteiger partial charge in [-0.1, -0.05) is 5.16 Å². The van der Waals surface area contributed by atoms with Crippen LogP contribution in [0.5, 0.6) is 0 Å². The molecule has 0 atom stereocenters. The summed E-state index contributed by atoms with van der Waals surface area (Å²) in [4.78, 5) is 8.27. The molecule has 6 heteroatoms. The van der Waals surface area contributed by atoms with Crippen LogP contribution in [0.25, 0.3) is 11.6 Å². The summed E-state index contributed by atoms with van der Waals surface area (Å²) < 4.78 is 6.87. The van der Waals surface area contributed by atoms with Crippen LogP contribution < -0.4 is 5.32 Å². The van der Waals surface area contributed by atoms with Gasteiger partial charge in [0.2, 0.25) is 0 Å². The van der Waals surface area contributed by atoms with Crippen LogP contribution in [-0.4, -0.2) is 26.7 Å². The Morgan fingerprint density at radius 1 is 1.57 bits per heavy atom. The molecule has 0 unspecified atom stereocenters. The standard InChI is InChI=1S/C8H11N5O/c1-9-3-7-11-8(14-12-7)6-4-13(2)5-10-6/h4-5,9H,3H2,1-2H3. The van der Waals surface area contributed by atoms with Crippen molar-refractivity contribution in [1.82, 2.24) is 25.0 Å². The van der Waals surface area contributed by atoms with Crippen molar-refractivity contribution < 1.29 is 4.52 Å². The minimum Gasteiger partial charge on any atom is -0.340 e. The van der Waals surface area contributed by atoms with Crippen LogP contribution in [0.15, 0.2) is 17.0 Å². The molecule has 0 aromatic carbocycles. The molecule has 2 aromatic rings. The van der Waals surface area contributed by atoms with E-state index in [9.17, 15) is 0 Å². The molecular formula is C8H11N5O. The molecule has 0 aliphatic heterocycles. The van der Waals surface area contributed by atoms with E-state index in [1.807, 2.05) is 24.9 Å². The SMILES string of the molecule is CNCc1noc(-c2cn(C)cn2)n1. The monoisotopic (exact) mass is 193 g/mol. The van der Waals surface area contributed by atoms with E-state index in [2.05, 4.69) is 20.4 Å². The molecule has 0 saturated heterocycles. The Balaban J connectivity index is 2.24. The van der Waals surface area contributed by atoms with Gasteiger partial charge in [0, 0.05) is 13.2 Å². The first-order valence-corrected chi connectivity index (χ1v) is 4.25. The summed E-state index contributed by atoms with van der Waals surface area (Å²) in [6.45, 7) is 0.594. The number of imidazole rings is 1. The molecular weight excluding hydrogens is 182 g/mol. The van der Waals surface area contributed by atoms with Gasteiger partial charge in [-0.25, -0.2) is 4.98 Å². The summed E-state index contributed by atoms with van der Waals surface area (Å²) in [5.74, 6) is 1.09. The zero-order valence-corrected chi connectivity index (χ0v) is 8.06. The Hall–Kier alpha value is -1.69. The Morgan fingerprint density at radius 2 is 2.43 bits per heavy atom. The van der Waals surface area contributed by atoms with Crippen LogP contribution in [0.1, 0.15) is 5.82 Å². The molecule has 2 rings (SSSR count). The fourth-order valence-corrected chi connectivity index (χ4v) is 1.11. The molecule has 0 saturated carbocycles. The van der Waals surface area contributed by atoms with Crippen LogP contribution in [0.4, 0.5) is 0 Å². The van der Waals surface area contributed by atoms with E-state index in [0.29, 0.717) is 24.0 Å². The van der Waals surface area contributed by atoms with Gasteiger partial charge < -0.3 is 14.4 Å². The maximum absolute atomic E-state index is 5.04. The molecule has 1 N–H and O–H groups in total. The third kappa shape index (κ3) is 1.64. The Morgan fingerprint density at radius 3 is 3.07 bits per heavy atom. The average molecular weight is 193 g/mol. The first kappa shape index (κ1) is 8.89. The lowest BCUT2D eigenvalue weighted by Crippen LogP contribution is -2.06. The van der Waals surface area contributed by atoms with Gasteiger partial charge in [0.15, 0.2) is 5.82 Å². The van der Waals surface area contributed by atoms with E-state index in [-0.39, 0.29) is 0 Å². The van der Waals surface area contributed by atoms with E-state index < -0.39 is 0 Å². The van der Waals surface area contributed by atoms with Gasteiger partial charge in [-0.05, 0) is 7.05 Å². The maximum atomic E-state index is 5.04. The lowest BCUT2D eigenvalue weighted by Gasteiger charge is -1.86. The summed E-state index contributed by atoms with van der Waals surface area (Å²) in [6, 6.07) is 0. The summed E-state index contributed by atoms with van der Waals surface area (Å²) in [5, 5.41) is 6.74. The fourth-order valence-electron chi connectivity index (χ4n) is 1.11. The molecule has 0 radical (unpaired) electrons. The summed E-state index contributed by atoms with van der Waals surface area (Å²) >= 11 is 0. The molecule has 0 amide bonds. The highest BCUT2D eigenvalue weighted by Crippen LogP contribution is 2.13. The van der Waals surface area contributed by atoms with Gasteiger partial charge in [0.05, 0.1) is 12.9 Å². The number of aromatic nitrogens is 4. The highest BCUT2D eigenvalue weighted by atomic mass is 16.5. The normalized spacial score (nSPS) is 10.7. The Kier molecular flexibility index (Phi) is 2.28. The number of rotatable bonds is 3. The number of hydrogen-bond donors (Lipinski definition) is 1. The highest BCUT2D eigenvalue weighted by Gasteiger charge is 2.09. The Labute approximate surface area is 81.0 Å². The van der Waals surface area contributed by atoms with E-state index in [4.69, 9.17) is 4.52 Å². The predicted octanol–water partition coefficient (Wildman–Crippen LogP) is 0.189. The third-order valence-electron chi connectivity index (χ3n) is 1.73. The minimum absolute atomic E-state index is 0.454. The second kappa shape index (κ2) is 3.59. The summed E-state index contributed by atoms with van der Waals surface area (Å²) in [7, 11) is 3.72. The van der Waals surface area contributed by atoms with Gasteiger partial charge in [0.25, 0.3) is 5.89 Å². The molecule has 0 aliphatic carbocycles. The first-order chi connectivity index (χ1) is 6.79. The molecule has 0 aliphatic rings.